The third kappa shape index (κ3) is 2.09. The van der Waals surface area contributed by atoms with Gasteiger partial charge in [-0.15, -0.1) is 0 Å². The zero-order valence-electron chi connectivity index (χ0n) is 14.4. The molecule has 1 saturated heterocycles. The predicted octanol–water partition coefficient (Wildman–Crippen LogP) is 1.98. The van der Waals surface area contributed by atoms with Crippen LogP contribution in [-0.4, -0.2) is 37.7 Å². The lowest BCUT2D eigenvalue weighted by molar-refractivity contribution is -0.137. The van der Waals surface area contributed by atoms with Crippen LogP contribution in [0.3, 0.4) is 0 Å². The number of fused-ring (bicyclic) bond motifs is 5. The summed E-state index contributed by atoms with van der Waals surface area (Å²) < 4.78 is 46.4. The molecular weight excluding hydrogens is 381 g/mol. The van der Waals surface area contributed by atoms with Crippen LogP contribution in [0.4, 0.5) is 13.2 Å². The molecule has 10 heteroatoms. The Labute approximate surface area is 156 Å². The quantitative estimate of drug-likeness (QED) is 0.616. The Morgan fingerprint density at radius 3 is 2.50 bits per heavy atom. The fourth-order valence-corrected chi connectivity index (χ4v) is 4.33. The first-order valence-corrected chi connectivity index (χ1v) is 8.28. The highest BCUT2D eigenvalue weighted by molar-refractivity contribution is 5.62. The van der Waals surface area contributed by atoms with Crippen LogP contribution >= 0.6 is 0 Å². The molecule has 0 spiro atoms. The number of aliphatic hydroxyl groups excluding tert-OH is 2. The third-order valence-electron chi connectivity index (χ3n) is 5.52. The van der Waals surface area contributed by atoms with Crippen molar-refractivity contribution in [1.82, 2.24) is 4.57 Å². The zero-order valence-corrected chi connectivity index (χ0v) is 14.4. The lowest BCUT2D eigenvalue weighted by Gasteiger charge is -2.27. The van der Waals surface area contributed by atoms with Crippen LogP contribution in [0.15, 0.2) is 18.2 Å². The molecule has 2 bridgehead atoms. The number of ether oxygens (including phenoxy) is 1. The van der Waals surface area contributed by atoms with Gasteiger partial charge in [-0.2, -0.15) is 18.4 Å². The molecule has 1 aromatic carbocycles. The minimum absolute atomic E-state index is 0.0265. The smallest absolute Gasteiger partial charge is 0.417 e. The number of halogens is 3. The standard InChI is InChI=1S/C18H15F3N2O5/c1-16-5-11(25)17(7-24,28-16)13-12(16)14(26)23(15(13)27)9-3-2-8(6-22)10(4-9)18(19,20)21/h2-4,11,24-27H,5,7H2,1H3/t11-,16+,17?/m0/s1. The molecule has 2 aliphatic heterocycles. The largest absolute Gasteiger partial charge is 0.494 e. The van der Waals surface area contributed by atoms with Crippen molar-refractivity contribution < 1.29 is 38.3 Å². The molecule has 3 heterocycles. The number of nitriles is 1. The minimum Gasteiger partial charge on any atom is -0.494 e. The molecule has 2 aliphatic rings. The number of benzene rings is 1. The average Bonchev–Trinajstić information content (AvgIpc) is 3.16. The van der Waals surface area contributed by atoms with Gasteiger partial charge in [-0.25, -0.2) is 0 Å². The normalized spacial score (nSPS) is 28.4. The van der Waals surface area contributed by atoms with Crippen molar-refractivity contribution in [3.05, 3.63) is 40.5 Å². The van der Waals surface area contributed by atoms with Crippen molar-refractivity contribution in [3.63, 3.8) is 0 Å². The van der Waals surface area contributed by atoms with E-state index in [2.05, 4.69) is 0 Å². The molecule has 2 aromatic rings. The van der Waals surface area contributed by atoms with E-state index in [0.29, 0.717) is 6.07 Å². The van der Waals surface area contributed by atoms with Gasteiger partial charge < -0.3 is 25.2 Å². The molecule has 1 aromatic heterocycles. The summed E-state index contributed by atoms with van der Waals surface area (Å²) in [5.74, 6) is -1.21. The molecule has 28 heavy (non-hydrogen) atoms. The number of rotatable bonds is 2. The van der Waals surface area contributed by atoms with Gasteiger partial charge in [0.1, 0.15) is 11.2 Å². The summed E-state index contributed by atoms with van der Waals surface area (Å²) in [7, 11) is 0. The fourth-order valence-electron chi connectivity index (χ4n) is 4.33. The maximum Gasteiger partial charge on any atom is 0.417 e. The molecule has 0 saturated carbocycles. The highest BCUT2D eigenvalue weighted by Crippen LogP contribution is 2.64. The van der Waals surface area contributed by atoms with Crippen molar-refractivity contribution in [2.45, 2.75) is 36.8 Å². The fraction of sp³-hybridized carbons (Fsp3) is 0.389. The summed E-state index contributed by atoms with van der Waals surface area (Å²) >= 11 is 0. The van der Waals surface area contributed by atoms with Crippen LogP contribution in [0.5, 0.6) is 11.8 Å². The van der Waals surface area contributed by atoms with Crippen molar-refractivity contribution in [2.75, 3.05) is 6.61 Å². The van der Waals surface area contributed by atoms with E-state index in [1.54, 1.807) is 6.92 Å². The number of alkyl halides is 3. The molecule has 1 fully saturated rings. The van der Waals surface area contributed by atoms with E-state index in [1.165, 1.54) is 6.07 Å². The number of hydrogen-bond donors (Lipinski definition) is 4. The first-order valence-electron chi connectivity index (χ1n) is 8.28. The number of aromatic hydroxyl groups is 2. The first-order chi connectivity index (χ1) is 13.0. The average molecular weight is 396 g/mol. The van der Waals surface area contributed by atoms with Crippen LogP contribution in [0.1, 0.15) is 35.6 Å². The van der Waals surface area contributed by atoms with Gasteiger partial charge in [-0.1, -0.05) is 0 Å². The number of nitrogens with zero attached hydrogens (tertiary/aromatic N) is 2. The molecule has 0 amide bonds. The Hall–Kier alpha value is -2.74. The summed E-state index contributed by atoms with van der Waals surface area (Å²) in [5, 5.41) is 50.5. The van der Waals surface area contributed by atoms with Crippen LogP contribution in [-0.2, 0) is 22.1 Å². The molecule has 3 atom stereocenters. The highest BCUT2D eigenvalue weighted by atomic mass is 19.4. The van der Waals surface area contributed by atoms with Crippen molar-refractivity contribution >= 4 is 0 Å². The lowest BCUT2D eigenvalue weighted by Crippen LogP contribution is -2.39. The Morgan fingerprint density at radius 1 is 1.29 bits per heavy atom. The molecule has 4 N–H and O–H groups in total. The van der Waals surface area contributed by atoms with Crippen molar-refractivity contribution in [1.29, 1.82) is 5.26 Å². The van der Waals surface area contributed by atoms with Gasteiger partial charge in [0.25, 0.3) is 0 Å². The summed E-state index contributed by atoms with van der Waals surface area (Å²) in [4.78, 5) is 0. The highest BCUT2D eigenvalue weighted by Gasteiger charge is 2.66. The maximum atomic E-state index is 13.3. The van der Waals surface area contributed by atoms with E-state index in [4.69, 9.17) is 10.00 Å². The minimum atomic E-state index is -4.82. The third-order valence-corrected chi connectivity index (χ3v) is 5.52. The monoisotopic (exact) mass is 396 g/mol. The number of aromatic nitrogens is 1. The Balaban J connectivity index is 1.98. The van der Waals surface area contributed by atoms with Gasteiger partial charge in [0.2, 0.25) is 11.8 Å². The molecule has 148 valence electrons. The van der Waals surface area contributed by atoms with Crippen LogP contribution in [0.25, 0.3) is 5.69 Å². The van der Waals surface area contributed by atoms with E-state index >= 15 is 0 Å². The lowest BCUT2D eigenvalue weighted by atomic mass is 9.77. The van der Waals surface area contributed by atoms with E-state index in [1.807, 2.05) is 0 Å². The number of hydrogen-bond acceptors (Lipinski definition) is 6. The van der Waals surface area contributed by atoms with Crippen LogP contribution in [0.2, 0.25) is 0 Å². The van der Waals surface area contributed by atoms with E-state index in [9.17, 15) is 33.6 Å². The van der Waals surface area contributed by atoms with E-state index in [0.717, 1.165) is 16.7 Å². The topological polar surface area (TPSA) is 119 Å². The van der Waals surface area contributed by atoms with E-state index < -0.39 is 53.0 Å². The van der Waals surface area contributed by atoms with Gasteiger partial charge in [0.15, 0.2) is 0 Å². The van der Waals surface area contributed by atoms with E-state index in [-0.39, 0.29) is 23.2 Å². The van der Waals surface area contributed by atoms with Crippen molar-refractivity contribution in [3.8, 4) is 23.5 Å². The second-order valence-corrected chi connectivity index (χ2v) is 7.17. The first kappa shape index (κ1) is 18.6. The molecule has 0 aliphatic carbocycles. The predicted molar refractivity (Wildman–Crippen MR) is 86.6 cm³/mol. The van der Waals surface area contributed by atoms with Crippen LogP contribution < -0.4 is 0 Å². The van der Waals surface area contributed by atoms with Gasteiger partial charge in [0.05, 0.1) is 46.7 Å². The SMILES string of the molecule is C[C@]12C[C@H](O)C(CO)(O1)c1c2c(O)n(-c2ccc(C#N)c(C(F)(F)F)c2)c1O. The number of aliphatic hydroxyl groups is 2. The molecular formula is C18H15F3N2O5. The molecule has 1 unspecified atom stereocenters. The second kappa shape index (κ2) is 5.41. The summed E-state index contributed by atoms with van der Waals surface area (Å²) in [6.45, 7) is 0.845. The maximum absolute atomic E-state index is 13.3. The van der Waals surface area contributed by atoms with Gasteiger partial charge in [-0.3, -0.25) is 4.57 Å². The Kier molecular flexibility index (Phi) is 3.60. The Bertz CT molecular complexity index is 1040. The van der Waals surface area contributed by atoms with Crippen LogP contribution in [0, 0.1) is 11.3 Å². The summed E-state index contributed by atoms with van der Waals surface area (Å²) in [6, 6.07) is 4.18. The van der Waals surface area contributed by atoms with Gasteiger partial charge in [-0.05, 0) is 25.1 Å². The van der Waals surface area contributed by atoms with Gasteiger partial charge >= 0.3 is 6.18 Å². The zero-order chi connectivity index (χ0) is 20.6. The van der Waals surface area contributed by atoms with Crippen molar-refractivity contribution in [2.24, 2.45) is 0 Å². The second-order valence-electron chi connectivity index (χ2n) is 7.17. The Morgan fingerprint density at radius 2 is 1.93 bits per heavy atom. The molecule has 7 nitrogen and oxygen atoms in total. The van der Waals surface area contributed by atoms with Gasteiger partial charge in [0, 0.05) is 6.42 Å². The summed E-state index contributed by atoms with van der Waals surface area (Å²) in [5.41, 5.74) is -4.94. The molecule has 0 radical (unpaired) electrons. The summed E-state index contributed by atoms with van der Waals surface area (Å²) in [6.07, 6.45) is -5.97. The molecule has 4 rings (SSSR count).